The van der Waals surface area contributed by atoms with Crippen molar-refractivity contribution in [1.29, 1.82) is 0 Å². The van der Waals surface area contributed by atoms with Gasteiger partial charge in [-0.2, -0.15) is 0 Å². The van der Waals surface area contributed by atoms with Crippen LogP contribution in [0.4, 0.5) is 11.5 Å². The van der Waals surface area contributed by atoms with E-state index < -0.39 is 0 Å². The van der Waals surface area contributed by atoms with Gasteiger partial charge in [0.1, 0.15) is 17.3 Å². The SMILES string of the molecule is Cc1ccc(C)c(NC(=O)c2cc(N3CCC(C)CC3)nc(C)n2)c1. The van der Waals surface area contributed by atoms with E-state index in [1.807, 2.05) is 45.0 Å². The quantitative estimate of drug-likeness (QED) is 0.922. The number of piperidine rings is 1. The van der Waals surface area contributed by atoms with E-state index >= 15 is 0 Å². The lowest BCUT2D eigenvalue weighted by molar-refractivity contribution is 0.102. The molecule has 0 spiro atoms. The molecule has 0 saturated carbocycles. The maximum atomic E-state index is 12.7. The van der Waals surface area contributed by atoms with E-state index in [2.05, 4.69) is 27.1 Å². The maximum Gasteiger partial charge on any atom is 0.274 e. The summed E-state index contributed by atoms with van der Waals surface area (Å²) in [4.78, 5) is 23.8. The summed E-state index contributed by atoms with van der Waals surface area (Å²) >= 11 is 0. The number of aryl methyl sites for hydroxylation is 3. The smallest absolute Gasteiger partial charge is 0.274 e. The van der Waals surface area contributed by atoms with E-state index in [4.69, 9.17) is 0 Å². The van der Waals surface area contributed by atoms with Crippen LogP contribution in [-0.4, -0.2) is 29.0 Å². The molecule has 3 rings (SSSR count). The Bertz CT molecular complexity index is 779. The highest BCUT2D eigenvalue weighted by Crippen LogP contribution is 2.23. The van der Waals surface area contributed by atoms with Gasteiger partial charge in [0, 0.05) is 24.8 Å². The number of carbonyl (C=O) groups excluding carboxylic acids is 1. The van der Waals surface area contributed by atoms with Gasteiger partial charge in [-0.15, -0.1) is 0 Å². The van der Waals surface area contributed by atoms with Crippen LogP contribution in [0.2, 0.25) is 0 Å². The van der Waals surface area contributed by atoms with Gasteiger partial charge in [0.15, 0.2) is 0 Å². The summed E-state index contributed by atoms with van der Waals surface area (Å²) in [6.07, 6.45) is 2.32. The Morgan fingerprint density at radius 1 is 1.12 bits per heavy atom. The second-order valence-electron chi connectivity index (χ2n) is 7.10. The molecule has 5 heteroatoms. The average Bonchev–Trinajstić information content (AvgIpc) is 2.58. The summed E-state index contributed by atoms with van der Waals surface area (Å²) in [5.41, 5.74) is 3.40. The van der Waals surface area contributed by atoms with Crippen LogP contribution in [0.1, 0.15) is 47.2 Å². The van der Waals surface area contributed by atoms with Crippen molar-refractivity contribution in [2.45, 2.75) is 40.5 Å². The molecule has 0 aliphatic carbocycles. The predicted molar refractivity (Wildman–Crippen MR) is 101 cm³/mol. The molecule has 132 valence electrons. The molecule has 0 bridgehead atoms. The van der Waals surface area contributed by atoms with E-state index in [1.54, 1.807) is 0 Å². The van der Waals surface area contributed by atoms with Crippen molar-refractivity contribution in [3.05, 3.63) is 46.9 Å². The second-order valence-corrected chi connectivity index (χ2v) is 7.10. The van der Waals surface area contributed by atoms with Crippen LogP contribution >= 0.6 is 0 Å². The van der Waals surface area contributed by atoms with Crippen molar-refractivity contribution in [2.24, 2.45) is 5.92 Å². The van der Waals surface area contributed by atoms with Crippen LogP contribution in [0.5, 0.6) is 0 Å². The van der Waals surface area contributed by atoms with Gasteiger partial charge in [-0.3, -0.25) is 4.79 Å². The van der Waals surface area contributed by atoms with Crippen molar-refractivity contribution in [3.63, 3.8) is 0 Å². The summed E-state index contributed by atoms with van der Waals surface area (Å²) in [6, 6.07) is 7.84. The molecule has 5 nitrogen and oxygen atoms in total. The highest BCUT2D eigenvalue weighted by Gasteiger charge is 2.19. The van der Waals surface area contributed by atoms with Crippen molar-refractivity contribution in [1.82, 2.24) is 9.97 Å². The summed E-state index contributed by atoms with van der Waals surface area (Å²) < 4.78 is 0. The van der Waals surface area contributed by atoms with Crippen molar-refractivity contribution in [2.75, 3.05) is 23.3 Å². The highest BCUT2D eigenvalue weighted by molar-refractivity contribution is 6.03. The Morgan fingerprint density at radius 3 is 2.56 bits per heavy atom. The third-order valence-corrected chi connectivity index (χ3v) is 4.81. The van der Waals surface area contributed by atoms with Crippen LogP contribution in [0.3, 0.4) is 0 Å². The molecule has 1 amide bonds. The van der Waals surface area contributed by atoms with Crippen LogP contribution in [0, 0.1) is 26.7 Å². The number of anilines is 2. The van der Waals surface area contributed by atoms with Gasteiger partial charge >= 0.3 is 0 Å². The Labute approximate surface area is 149 Å². The molecule has 1 aromatic carbocycles. The first-order valence-electron chi connectivity index (χ1n) is 8.91. The molecule has 2 aromatic rings. The lowest BCUT2D eigenvalue weighted by Crippen LogP contribution is -2.34. The molecule has 0 atom stereocenters. The third-order valence-electron chi connectivity index (χ3n) is 4.81. The molecule has 1 aliphatic heterocycles. The number of carbonyl (C=O) groups is 1. The number of aromatic nitrogens is 2. The zero-order valence-corrected chi connectivity index (χ0v) is 15.5. The first kappa shape index (κ1) is 17.4. The Morgan fingerprint density at radius 2 is 1.84 bits per heavy atom. The number of hydrogen-bond donors (Lipinski definition) is 1. The number of amides is 1. The fourth-order valence-electron chi connectivity index (χ4n) is 3.12. The average molecular weight is 338 g/mol. The third kappa shape index (κ3) is 4.16. The van der Waals surface area contributed by atoms with E-state index in [9.17, 15) is 4.79 Å². The van der Waals surface area contributed by atoms with Crippen LogP contribution in [0.15, 0.2) is 24.3 Å². The van der Waals surface area contributed by atoms with Crippen molar-refractivity contribution >= 4 is 17.4 Å². The number of benzene rings is 1. The minimum absolute atomic E-state index is 0.189. The number of rotatable bonds is 3. The van der Waals surface area contributed by atoms with E-state index in [-0.39, 0.29) is 5.91 Å². The minimum Gasteiger partial charge on any atom is -0.356 e. The predicted octanol–water partition coefficient (Wildman–Crippen LogP) is 3.89. The fraction of sp³-hybridized carbons (Fsp3) is 0.450. The van der Waals surface area contributed by atoms with E-state index in [0.29, 0.717) is 11.5 Å². The standard InChI is InChI=1S/C20H26N4O/c1-13-7-9-24(10-8-13)19-12-18(21-16(4)22-19)20(25)23-17-11-14(2)5-6-15(17)3/h5-6,11-13H,7-10H2,1-4H3,(H,23,25). The summed E-state index contributed by atoms with van der Waals surface area (Å²) in [5, 5.41) is 2.98. The zero-order chi connectivity index (χ0) is 18.0. The second kappa shape index (κ2) is 7.21. The van der Waals surface area contributed by atoms with Gasteiger partial charge in [-0.05, 0) is 56.7 Å². The fourth-order valence-corrected chi connectivity index (χ4v) is 3.12. The van der Waals surface area contributed by atoms with Crippen LogP contribution in [-0.2, 0) is 0 Å². The van der Waals surface area contributed by atoms with Gasteiger partial charge in [0.05, 0.1) is 0 Å². The molecule has 0 unspecified atom stereocenters. The molecule has 1 aromatic heterocycles. The lowest BCUT2D eigenvalue weighted by atomic mass is 9.99. The Kier molecular flexibility index (Phi) is 5.02. The van der Waals surface area contributed by atoms with Crippen molar-refractivity contribution in [3.8, 4) is 0 Å². The first-order chi connectivity index (χ1) is 11.9. The highest BCUT2D eigenvalue weighted by atomic mass is 16.1. The molecule has 1 aliphatic rings. The molecular weight excluding hydrogens is 312 g/mol. The molecule has 1 fully saturated rings. The first-order valence-corrected chi connectivity index (χ1v) is 8.91. The molecule has 25 heavy (non-hydrogen) atoms. The van der Waals surface area contributed by atoms with E-state index in [0.717, 1.165) is 54.5 Å². The van der Waals surface area contributed by atoms with Gasteiger partial charge < -0.3 is 10.2 Å². The summed E-state index contributed by atoms with van der Waals surface area (Å²) in [7, 11) is 0. The number of hydrogen-bond acceptors (Lipinski definition) is 4. The Balaban J connectivity index is 1.82. The summed E-state index contributed by atoms with van der Waals surface area (Å²) in [5.74, 6) is 2.05. The topological polar surface area (TPSA) is 58.1 Å². The summed E-state index contributed by atoms with van der Waals surface area (Å²) in [6.45, 7) is 10.1. The van der Waals surface area contributed by atoms with Gasteiger partial charge in [0.2, 0.25) is 0 Å². The van der Waals surface area contributed by atoms with Crippen molar-refractivity contribution < 1.29 is 4.79 Å². The monoisotopic (exact) mass is 338 g/mol. The zero-order valence-electron chi connectivity index (χ0n) is 15.5. The largest absolute Gasteiger partial charge is 0.356 e. The van der Waals surface area contributed by atoms with E-state index in [1.165, 1.54) is 0 Å². The van der Waals surface area contributed by atoms with Crippen LogP contribution < -0.4 is 10.2 Å². The van der Waals surface area contributed by atoms with Crippen LogP contribution in [0.25, 0.3) is 0 Å². The molecular formula is C20H26N4O. The molecule has 0 radical (unpaired) electrons. The molecule has 2 heterocycles. The van der Waals surface area contributed by atoms with Gasteiger partial charge in [-0.25, -0.2) is 9.97 Å². The maximum absolute atomic E-state index is 12.7. The lowest BCUT2D eigenvalue weighted by Gasteiger charge is -2.31. The Hall–Kier alpha value is -2.43. The normalized spacial score (nSPS) is 15.3. The molecule has 1 saturated heterocycles. The minimum atomic E-state index is -0.189. The number of nitrogens with zero attached hydrogens (tertiary/aromatic N) is 3. The number of nitrogens with one attached hydrogen (secondary N) is 1. The van der Waals surface area contributed by atoms with Gasteiger partial charge in [-0.1, -0.05) is 19.1 Å². The molecule has 1 N–H and O–H groups in total. The van der Waals surface area contributed by atoms with Gasteiger partial charge in [0.25, 0.3) is 5.91 Å².